The lowest BCUT2D eigenvalue weighted by atomic mass is 9.98. The van der Waals surface area contributed by atoms with Crippen LogP contribution in [0.15, 0.2) is 48.5 Å². The summed E-state index contributed by atoms with van der Waals surface area (Å²) in [6.07, 6.45) is -0.696. The van der Waals surface area contributed by atoms with Gasteiger partial charge in [-0.25, -0.2) is 4.79 Å². The van der Waals surface area contributed by atoms with E-state index in [-0.39, 0.29) is 32.3 Å². The summed E-state index contributed by atoms with van der Waals surface area (Å²) in [5.74, 6) is -2.31. The molecule has 2 aliphatic rings. The van der Waals surface area contributed by atoms with Crippen LogP contribution in [-0.2, 0) is 19.1 Å². The van der Waals surface area contributed by atoms with Gasteiger partial charge in [0.1, 0.15) is 18.6 Å². The quantitative estimate of drug-likeness (QED) is 0.594. The number of aliphatic carboxylic acids is 1. The second-order valence-electron chi connectivity index (χ2n) is 9.28. The number of carbonyl (C=O) groups is 3. The average Bonchev–Trinajstić information content (AvgIpc) is 3.45. The third-order valence-corrected chi connectivity index (χ3v) is 6.69. The number of fused-ring (bicyclic) bond motifs is 3. The van der Waals surface area contributed by atoms with Crippen molar-refractivity contribution in [3.8, 4) is 11.1 Å². The number of carbonyl (C=O) groups excluding carboxylic acids is 2. The van der Waals surface area contributed by atoms with E-state index in [1.807, 2.05) is 36.4 Å². The Morgan fingerprint density at radius 2 is 1.63 bits per heavy atom. The number of benzene rings is 2. The molecule has 35 heavy (non-hydrogen) atoms. The van der Waals surface area contributed by atoms with Crippen molar-refractivity contribution >= 4 is 18.0 Å². The van der Waals surface area contributed by atoms with Crippen LogP contribution in [0.1, 0.15) is 17.0 Å². The van der Waals surface area contributed by atoms with E-state index in [1.54, 1.807) is 26.0 Å². The van der Waals surface area contributed by atoms with E-state index < -0.39 is 36.0 Å². The molecule has 1 fully saturated rings. The van der Waals surface area contributed by atoms with Gasteiger partial charge in [0.15, 0.2) is 0 Å². The lowest BCUT2D eigenvalue weighted by Crippen LogP contribution is -2.56. The van der Waals surface area contributed by atoms with Crippen LogP contribution >= 0.6 is 0 Å². The Bertz CT molecular complexity index is 1060. The molecule has 1 heterocycles. The number of amides is 2. The SMILES string of the molecule is CN(C)CC(NC(=O)OCC1c2ccccc2-c2ccccc21)C(=O)N(C)C1COCC1C(=O)O. The van der Waals surface area contributed by atoms with Crippen molar-refractivity contribution in [2.75, 3.05) is 47.5 Å². The van der Waals surface area contributed by atoms with Crippen LogP contribution < -0.4 is 5.32 Å². The molecule has 9 nitrogen and oxygen atoms in total. The number of carboxylic acids is 1. The zero-order chi connectivity index (χ0) is 25.1. The van der Waals surface area contributed by atoms with Crippen molar-refractivity contribution in [1.82, 2.24) is 15.1 Å². The molecule has 9 heteroatoms. The van der Waals surface area contributed by atoms with Crippen molar-refractivity contribution in [1.29, 1.82) is 0 Å². The molecular formula is C26H31N3O6. The fourth-order valence-electron chi connectivity index (χ4n) is 4.90. The van der Waals surface area contributed by atoms with Gasteiger partial charge >= 0.3 is 12.1 Å². The molecule has 2 aromatic rings. The predicted molar refractivity (Wildman–Crippen MR) is 129 cm³/mol. The van der Waals surface area contributed by atoms with Gasteiger partial charge in [0.25, 0.3) is 0 Å². The average molecular weight is 482 g/mol. The molecule has 2 aromatic carbocycles. The first-order valence-electron chi connectivity index (χ1n) is 11.6. The van der Waals surface area contributed by atoms with E-state index in [4.69, 9.17) is 9.47 Å². The highest BCUT2D eigenvalue weighted by molar-refractivity contribution is 5.87. The molecule has 2 amide bonds. The van der Waals surface area contributed by atoms with E-state index in [9.17, 15) is 19.5 Å². The number of hydrogen-bond acceptors (Lipinski definition) is 6. The first-order valence-corrected chi connectivity index (χ1v) is 11.6. The molecule has 1 saturated heterocycles. The second kappa shape index (κ2) is 10.5. The summed E-state index contributed by atoms with van der Waals surface area (Å²) in [6, 6.07) is 14.6. The standard InChI is InChI=1S/C26H31N3O6/c1-28(2)12-22(24(30)29(3)23-15-34-13-21(23)25(31)32)27-26(33)35-14-20-18-10-6-4-8-16(18)17-9-5-7-11-19(17)20/h4-11,20-23H,12-15H2,1-3H3,(H,27,33)(H,31,32). The number of ether oxygens (including phenoxy) is 2. The topological polar surface area (TPSA) is 108 Å². The van der Waals surface area contributed by atoms with Gasteiger partial charge in [-0.3, -0.25) is 9.59 Å². The smallest absolute Gasteiger partial charge is 0.407 e. The van der Waals surface area contributed by atoms with E-state index in [2.05, 4.69) is 17.4 Å². The van der Waals surface area contributed by atoms with Crippen molar-refractivity contribution < 1.29 is 29.0 Å². The van der Waals surface area contributed by atoms with E-state index in [0.29, 0.717) is 0 Å². The van der Waals surface area contributed by atoms with Crippen molar-refractivity contribution in [2.45, 2.75) is 18.0 Å². The molecule has 3 atom stereocenters. The number of rotatable bonds is 8. The number of likely N-dealkylation sites (N-methyl/N-ethyl adjacent to an activating group) is 2. The molecule has 0 bridgehead atoms. The van der Waals surface area contributed by atoms with Crippen molar-refractivity contribution in [3.63, 3.8) is 0 Å². The predicted octanol–water partition coefficient (Wildman–Crippen LogP) is 2.01. The fraction of sp³-hybridized carbons (Fsp3) is 0.423. The first kappa shape index (κ1) is 24.7. The molecule has 0 aromatic heterocycles. The van der Waals surface area contributed by atoms with Crippen LogP contribution in [0.25, 0.3) is 11.1 Å². The Labute approximate surface area is 204 Å². The molecule has 1 aliphatic carbocycles. The lowest BCUT2D eigenvalue weighted by molar-refractivity contribution is -0.145. The Hall–Kier alpha value is -3.43. The summed E-state index contributed by atoms with van der Waals surface area (Å²) in [7, 11) is 5.12. The Balaban J connectivity index is 1.43. The molecule has 4 rings (SSSR count). The Morgan fingerprint density at radius 1 is 1.03 bits per heavy atom. The number of nitrogens with one attached hydrogen (secondary N) is 1. The highest BCUT2D eigenvalue weighted by Crippen LogP contribution is 2.44. The normalized spacial score (nSPS) is 19.7. The van der Waals surface area contributed by atoms with E-state index in [0.717, 1.165) is 22.3 Å². The first-order chi connectivity index (χ1) is 16.8. The van der Waals surface area contributed by atoms with Crippen molar-refractivity contribution in [3.05, 3.63) is 59.7 Å². The Morgan fingerprint density at radius 3 is 2.20 bits per heavy atom. The summed E-state index contributed by atoms with van der Waals surface area (Å²) in [6.45, 7) is 0.559. The molecule has 3 unspecified atom stereocenters. The molecule has 0 spiro atoms. The number of hydrogen-bond donors (Lipinski definition) is 2. The Kier molecular flexibility index (Phi) is 7.37. The van der Waals surface area contributed by atoms with E-state index in [1.165, 1.54) is 4.90 Å². The van der Waals surface area contributed by atoms with Crippen molar-refractivity contribution in [2.24, 2.45) is 5.92 Å². The minimum Gasteiger partial charge on any atom is -0.481 e. The molecule has 1 aliphatic heterocycles. The van der Waals surface area contributed by atoms with Gasteiger partial charge in [-0.05, 0) is 36.3 Å². The van der Waals surface area contributed by atoms with Gasteiger partial charge < -0.3 is 29.7 Å². The highest BCUT2D eigenvalue weighted by Gasteiger charge is 2.40. The molecule has 2 N–H and O–H groups in total. The molecule has 0 radical (unpaired) electrons. The maximum atomic E-state index is 13.2. The van der Waals surface area contributed by atoms with Crippen LogP contribution in [0.2, 0.25) is 0 Å². The van der Waals surface area contributed by atoms with Crippen LogP contribution in [0.3, 0.4) is 0 Å². The maximum absolute atomic E-state index is 13.2. The largest absolute Gasteiger partial charge is 0.481 e. The zero-order valence-electron chi connectivity index (χ0n) is 20.1. The summed E-state index contributed by atoms with van der Waals surface area (Å²) in [5.41, 5.74) is 4.46. The number of carboxylic acid groups (broad SMARTS) is 1. The van der Waals surface area contributed by atoms with Gasteiger partial charge in [0.05, 0.1) is 19.3 Å². The number of alkyl carbamates (subject to hydrolysis) is 1. The summed E-state index contributed by atoms with van der Waals surface area (Å²) >= 11 is 0. The monoisotopic (exact) mass is 481 g/mol. The number of nitrogens with zero attached hydrogens (tertiary/aromatic N) is 2. The van der Waals surface area contributed by atoms with Crippen LogP contribution in [0.4, 0.5) is 4.79 Å². The van der Waals surface area contributed by atoms with Gasteiger partial charge in [0, 0.05) is 19.5 Å². The van der Waals surface area contributed by atoms with Crippen LogP contribution in [0, 0.1) is 5.92 Å². The van der Waals surface area contributed by atoms with Gasteiger partial charge in [0.2, 0.25) is 5.91 Å². The lowest BCUT2D eigenvalue weighted by Gasteiger charge is -2.31. The summed E-state index contributed by atoms with van der Waals surface area (Å²) in [5, 5.41) is 12.1. The zero-order valence-corrected chi connectivity index (χ0v) is 20.1. The fourth-order valence-corrected chi connectivity index (χ4v) is 4.90. The maximum Gasteiger partial charge on any atom is 0.407 e. The molecular weight excluding hydrogens is 450 g/mol. The minimum atomic E-state index is -1.01. The van der Waals surface area contributed by atoms with Gasteiger partial charge in [-0.15, -0.1) is 0 Å². The molecule has 0 saturated carbocycles. The van der Waals surface area contributed by atoms with Crippen LogP contribution in [-0.4, -0.2) is 92.5 Å². The van der Waals surface area contributed by atoms with E-state index >= 15 is 0 Å². The molecule has 186 valence electrons. The third-order valence-electron chi connectivity index (χ3n) is 6.69. The summed E-state index contributed by atoms with van der Waals surface area (Å²) in [4.78, 5) is 40.7. The highest BCUT2D eigenvalue weighted by atomic mass is 16.5. The van der Waals surface area contributed by atoms with Gasteiger partial charge in [-0.2, -0.15) is 0 Å². The summed E-state index contributed by atoms with van der Waals surface area (Å²) < 4.78 is 10.9. The van der Waals surface area contributed by atoms with Crippen LogP contribution in [0.5, 0.6) is 0 Å². The second-order valence-corrected chi connectivity index (χ2v) is 9.28. The minimum absolute atomic E-state index is 0.0514. The third kappa shape index (κ3) is 5.16. The van der Waals surface area contributed by atoms with Gasteiger partial charge in [-0.1, -0.05) is 48.5 Å².